The van der Waals surface area contributed by atoms with Gasteiger partial charge < -0.3 is 4.42 Å². The van der Waals surface area contributed by atoms with Crippen LogP contribution in [0.1, 0.15) is 0 Å². The molecule has 0 bridgehead atoms. The van der Waals surface area contributed by atoms with Gasteiger partial charge in [0.25, 0.3) is 0 Å². The van der Waals surface area contributed by atoms with Crippen LogP contribution < -0.4 is 0 Å². The zero-order valence-electron chi connectivity index (χ0n) is 31.3. The quantitative estimate of drug-likeness (QED) is 0.164. The second-order valence-electron chi connectivity index (χ2n) is 15.6. The predicted molar refractivity (Wildman–Crippen MR) is 250 cm³/mol. The normalized spacial score (nSPS) is 12.1. The summed E-state index contributed by atoms with van der Waals surface area (Å²) >= 11 is 1.86. The first-order valence-corrected chi connectivity index (χ1v) is 20.7. The summed E-state index contributed by atoms with van der Waals surface area (Å²) in [7, 11) is 0. The zero-order chi connectivity index (χ0) is 37.9. The van der Waals surface area contributed by atoms with E-state index in [9.17, 15) is 0 Å². The van der Waals surface area contributed by atoms with Gasteiger partial charge in [0.15, 0.2) is 0 Å². The SMILES string of the molecule is c1ccc2cc(-c3c4ccccc4c(-c4ccc5cc(-c6ccc7cc8sc9cc%10c(cc9c8cc7c6)oc6ccccc6%10)ccc5c4)c4ccccc34)ccc2c1. The van der Waals surface area contributed by atoms with Crippen molar-refractivity contribution < 1.29 is 4.42 Å². The summed E-state index contributed by atoms with van der Waals surface area (Å²) in [5.74, 6) is 0. The Kier molecular flexibility index (Phi) is 6.66. The van der Waals surface area contributed by atoms with Crippen LogP contribution in [0.4, 0.5) is 0 Å². The Morgan fingerprint density at radius 2 is 0.707 bits per heavy atom. The van der Waals surface area contributed by atoms with Crippen LogP contribution in [-0.4, -0.2) is 0 Å². The standard InChI is InChI=1S/C56H32OS/c1-2-10-34-26-40(23-17-33(34)9-1)55-44-12-3-5-14-46(44)56(47-15-6-4-13-45(47)55)41-24-22-36-25-35(18-19-37(36)27-41)38-20-21-39-30-53-49(29-42(39)28-38)50-31-52-48(32-54(50)58-53)43-11-7-8-16-51(43)57-52/h1-32H. The highest BCUT2D eigenvalue weighted by Gasteiger charge is 2.18. The number of hydrogen-bond donors (Lipinski definition) is 0. The maximum Gasteiger partial charge on any atom is 0.136 e. The molecule has 0 saturated heterocycles. The Morgan fingerprint density at radius 1 is 0.259 bits per heavy atom. The molecule has 2 heteroatoms. The van der Waals surface area contributed by atoms with E-state index in [1.807, 2.05) is 17.4 Å². The van der Waals surface area contributed by atoms with E-state index in [1.54, 1.807) is 0 Å². The van der Waals surface area contributed by atoms with E-state index in [-0.39, 0.29) is 0 Å². The molecule has 0 unspecified atom stereocenters. The maximum atomic E-state index is 6.29. The lowest BCUT2D eigenvalue weighted by molar-refractivity contribution is 0.669. The second kappa shape index (κ2) is 12.1. The van der Waals surface area contributed by atoms with Crippen LogP contribution in [-0.2, 0) is 0 Å². The minimum atomic E-state index is 0.939. The Bertz CT molecular complexity index is 3810. The van der Waals surface area contributed by atoms with Gasteiger partial charge in [-0.25, -0.2) is 0 Å². The first kappa shape index (κ1) is 31.9. The van der Waals surface area contributed by atoms with Crippen molar-refractivity contribution >= 4 is 107 Å². The smallest absolute Gasteiger partial charge is 0.136 e. The molecule has 0 atom stereocenters. The summed E-state index contributed by atoms with van der Waals surface area (Å²) in [5.41, 5.74) is 9.37. The van der Waals surface area contributed by atoms with Crippen LogP contribution in [0.15, 0.2) is 199 Å². The van der Waals surface area contributed by atoms with Crippen molar-refractivity contribution in [2.45, 2.75) is 0 Å². The van der Waals surface area contributed by atoms with E-state index in [4.69, 9.17) is 4.42 Å². The molecular formula is C56H32OS. The molecule has 58 heavy (non-hydrogen) atoms. The average molecular weight is 753 g/mol. The molecule has 11 aromatic carbocycles. The highest BCUT2D eigenvalue weighted by atomic mass is 32.1. The van der Waals surface area contributed by atoms with E-state index in [0.717, 1.165) is 11.2 Å². The van der Waals surface area contributed by atoms with Crippen molar-refractivity contribution in [2.24, 2.45) is 0 Å². The van der Waals surface area contributed by atoms with Crippen molar-refractivity contribution in [3.63, 3.8) is 0 Å². The van der Waals surface area contributed by atoms with Gasteiger partial charge in [-0.15, -0.1) is 11.3 Å². The highest BCUT2D eigenvalue weighted by Crippen LogP contribution is 2.45. The Balaban J connectivity index is 0.916. The Hall–Kier alpha value is -7.26. The van der Waals surface area contributed by atoms with Gasteiger partial charge in [-0.3, -0.25) is 0 Å². The molecule has 0 amide bonds. The summed E-state index contributed by atoms with van der Waals surface area (Å²) in [4.78, 5) is 0. The molecule has 268 valence electrons. The summed E-state index contributed by atoms with van der Waals surface area (Å²) in [6, 6.07) is 71.8. The lowest BCUT2D eigenvalue weighted by atomic mass is 9.85. The molecule has 0 aliphatic heterocycles. The Labute approximate surface area is 337 Å². The molecule has 0 aliphatic carbocycles. The van der Waals surface area contributed by atoms with Crippen LogP contribution in [0.2, 0.25) is 0 Å². The van der Waals surface area contributed by atoms with E-state index in [0.29, 0.717) is 0 Å². The van der Waals surface area contributed by atoms with Crippen LogP contribution in [0.3, 0.4) is 0 Å². The van der Waals surface area contributed by atoms with Gasteiger partial charge in [-0.2, -0.15) is 0 Å². The van der Waals surface area contributed by atoms with Crippen LogP contribution in [0, 0.1) is 0 Å². The van der Waals surface area contributed by atoms with Gasteiger partial charge in [0.1, 0.15) is 11.2 Å². The molecule has 0 radical (unpaired) electrons. The summed E-state index contributed by atoms with van der Waals surface area (Å²) in [5, 5.41) is 17.5. The van der Waals surface area contributed by atoms with Crippen molar-refractivity contribution in [3.05, 3.63) is 194 Å². The molecule has 0 spiro atoms. The third-order valence-electron chi connectivity index (χ3n) is 12.4. The first-order chi connectivity index (χ1) is 28.7. The number of fused-ring (bicyclic) bond motifs is 11. The van der Waals surface area contributed by atoms with Crippen molar-refractivity contribution in [1.29, 1.82) is 0 Å². The number of benzene rings is 11. The third-order valence-corrected chi connectivity index (χ3v) is 13.5. The van der Waals surface area contributed by atoms with Gasteiger partial charge in [0.2, 0.25) is 0 Å². The van der Waals surface area contributed by atoms with Crippen molar-refractivity contribution in [2.75, 3.05) is 0 Å². The van der Waals surface area contributed by atoms with E-state index in [2.05, 4.69) is 188 Å². The van der Waals surface area contributed by atoms with E-state index >= 15 is 0 Å². The first-order valence-electron chi connectivity index (χ1n) is 19.9. The van der Waals surface area contributed by atoms with Gasteiger partial charge in [-0.05, 0) is 142 Å². The number of para-hydroxylation sites is 1. The summed E-state index contributed by atoms with van der Waals surface area (Å²) < 4.78 is 8.88. The summed E-state index contributed by atoms with van der Waals surface area (Å²) in [6.07, 6.45) is 0. The van der Waals surface area contributed by atoms with Crippen molar-refractivity contribution in [3.8, 4) is 33.4 Å². The monoisotopic (exact) mass is 752 g/mol. The fraction of sp³-hybridized carbons (Fsp3) is 0. The predicted octanol–water partition coefficient (Wildman–Crippen LogP) is 16.7. The van der Waals surface area contributed by atoms with Crippen LogP contribution in [0.5, 0.6) is 0 Å². The molecule has 0 saturated carbocycles. The van der Waals surface area contributed by atoms with Gasteiger partial charge in [0, 0.05) is 30.9 Å². The third kappa shape index (κ3) is 4.76. The van der Waals surface area contributed by atoms with E-state index in [1.165, 1.54) is 118 Å². The lowest BCUT2D eigenvalue weighted by Crippen LogP contribution is -1.91. The van der Waals surface area contributed by atoms with E-state index < -0.39 is 0 Å². The molecule has 2 heterocycles. The minimum Gasteiger partial charge on any atom is -0.456 e. The van der Waals surface area contributed by atoms with Gasteiger partial charge in [0.05, 0.1) is 0 Å². The summed E-state index contributed by atoms with van der Waals surface area (Å²) in [6.45, 7) is 0. The molecule has 0 fully saturated rings. The molecule has 0 aliphatic rings. The van der Waals surface area contributed by atoms with Gasteiger partial charge >= 0.3 is 0 Å². The topological polar surface area (TPSA) is 13.1 Å². The fourth-order valence-corrected chi connectivity index (χ4v) is 10.7. The molecule has 13 aromatic rings. The fourth-order valence-electron chi connectivity index (χ4n) is 9.59. The molecule has 2 aromatic heterocycles. The lowest BCUT2D eigenvalue weighted by Gasteiger charge is -2.18. The number of thiophene rings is 1. The second-order valence-corrected chi connectivity index (χ2v) is 16.7. The highest BCUT2D eigenvalue weighted by molar-refractivity contribution is 7.26. The molecular weight excluding hydrogens is 721 g/mol. The maximum absolute atomic E-state index is 6.29. The minimum absolute atomic E-state index is 0.939. The average Bonchev–Trinajstić information content (AvgIpc) is 3.82. The number of rotatable bonds is 3. The van der Waals surface area contributed by atoms with Crippen molar-refractivity contribution in [1.82, 2.24) is 0 Å². The molecule has 0 N–H and O–H groups in total. The van der Waals surface area contributed by atoms with Crippen LogP contribution >= 0.6 is 11.3 Å². The van der Waals surface area contributed by atoms with Gasteiger partial charge in [-0.1, -0.05) is 140 Å². The zero-order valence-corrected chi connectivity index (χ0v) is 32.1. The molecule has 1 nitrogen and oxygen atoms in total. The largest absolute Gasteiger partial charge is 0.456 e. The Morgan fingerprint density at radius 3 is 1.36 bits per heavy atom. The molecule has 13 rings (SSSR count). The number of hydrogen-bond acceptors (Lipinski definition) is 2. The number of furan rings is 1. The van der Waals surface area contributed by atoms with Crippen LogP contribution in [0.25, 0.3) is 129 Å².